The molecule has 0 unspecified atom stereocenters. The number of hydrogen-bond acceptors (Lipinski definition) is 5. The smallest absolute Gasteiger partial charge is 0.182 e. The SMILES string of the molecule is Cc1ccc(CNc2ncnc3nc[nH]c23)o1. The van der Waals surface area contributed by atoms with Crippen molar-refractivity contribution in [2.24, 2.45) is 0 Å². The molecule has 0 aliphatic rings. The fourth-order valence-corrected chi connectivity index (χ4v) is 1.65. The number of hydrogen-bond donors (Lipinski definition) is 2. The van der Waals surface area contributed by atoms with Gasteiger partial charge in [-0.05, 0) is 19.1 Å². The van der Waals surface area contributed by atoms with E-state index in [0.29, 0.717) is 12.2 Å². The van der Waals surface area contributed by atoms with Crippen molar-refractivity contribution in [2.75, 3.05) is 5.32 Å². The van der Waals surface area contributed by atoms with E-state index in [-0.39, 0.29) is 0 Å². The average Bonchev–Trinajstić information content (AvgIpc) is 2.94. The molecule has 0 aliphatic heterocycles. The van der Waals surface area contributed by atoms with E-state index < -0.39 is 0 Å². The molecular weight excluding hydrogens is 218 g/mol. The van der Waals surface area contributed by atoms with Crippen molar-refractivity contribution in [3.63, 3.8) is 0 Å². The lowest BCUT2D eigenvalue weighted by molar-refractivity contribution is 0.490. The summed E-state index contributed by atoms with van der Waals surface area (Å²) < 4.78 is 5.47. The van der Waals surface area contributed by atoms with Crippen LogP contribution >= 0.6 is 0 Å². The molecule has 17 heavy (non-hydrogen) atoms. The molecule has 0 amide bonds. The predicted molar refractivity (Wildman–Crippen MR) is 62.5 cm³/mol. The summed E-state index contributed by atoms with van der Waals surface area (Å²) in [5.41, 5.74) is 1.45. The van der Waals surface area contributed by atoms with E-state index >= 15 is 0 Å². The van der Waals surface area contributed by atoms with Gasteiger partial charge >= 0.3 is 0 Å². The molecule has 0 atom stereocenters. The quantitative estimate of drug-likeness (QED) is 0.716. The predicted octanol–water partition coefficient (Wildman–Crippen LogP) is 1.87. The van der Waals surface area contributed by atoms with Crippen molar-refractivity contribution in [2.45, 2.75) is 13.5 Å². The number of fused-ring (bicyclic) bond motifs is 1. The van der Waals surface area contributed by atoms with Gasteiger partial charge in [-0.1, -0.05) is 0 Å². The number of nitrogens with one attached hydrogen (secondary N) is 2. The molecule has 3 rings (SSSR count). The fourth-order valence-electron chi connectivity index (χ4n) is 1.65. The topological polar surface area (TPSA) is 79.6 Å². The van der Waals surface area contributed by atoms with Gasteiger partial charge in [0.2, 0.25) is 0 Å². The first kappa shape index (κ1) is 9.83. The minimum absolute atomic E-state index is 0.582. The Morgan fingerprint density at radius 1 is 1.29 bits per heavy atom. The first-order valence-corrected chi connectivity index (χ1v) is 5.26. The van der Waals surface area contributed by atoms with Crippen molar-refractivity contribution in [3.05, 3.63) is 36.3 Å². The minimum atomic E-state index is 0.582. The Kier molecular flexibility index (Phi) is 2.25. The molecule has 0 saturated heterocycles. The van der Waals surface area contributed by atoms with E-state index in [9.17, 15) is 0 Å². The van der Waals surface area contributed by atoms with Gasteiger partial charge in [-0.25, -0.2) is 15.0 Å². The lowest BCUT2D eigenvalue weighted by Crippen LogP contribution is -2.01. The standard InChI is InChI=1S/C11H11N5O/c1-7-2-3-8(17-7)4-12-10-9-11(14-5-13-9)16-6-15-10/h2-3,5-6H,4H2,1H3,(H2,12,13,14,15,16). The maximum absolute atomic E-state index is 5.47. The molecule has 0 saturated carbocycles. The fraction of sp³-hybridized carbons (Fsp3) is 0.182. The molecule has 0 aromatic carbocycles. The largest absolute Gasteiger partial charge is 0.465 e. The van der Waals surface area contributed by atoms with Crippen LogP contribution in [-0.2, 0) is 6.54 Å². The number of nitrogens with zero attached hydrogens (tertiary/aromatic N) is 3. The van der Waals surface area contributed by atoms with E-state index in [1.807, 2.05) is 19.1 Å². The van der Waals surface area contributed by atoms with Crippen molar-refractivity contribution < 1.29 is 4.42 Å². The van der Waals surface area contributed by atoms with Crippen LogP contribution in [0.1, 0.15) is 11.5 Å². The number of rotatable bonds is 3. The molecule has 3 aromatic heterocycles. The summed E-state index contributed by atoms with van der Waals surface area (Å²) in [6, 6.07) is 3.87. The van der Waals surface area contributed by atoms with E-state index in [1.54, 1.807) is 6.33 Å². The number of furan rings is 1. The van der Waals surface area contributed by atoms with E-state index in [2.05, 4.69) is 25.3 Å². The van der Waals surface area contributed by atoms with Gasteiger partial charge in [0.15, 0.2) is 11.5 Å². The summed E-state index contributed by atoms with van der Waals surface area (Å²) in [6.45, 7) is 2.50. The van der Waals surface area contributed by atoms with Crippen LogP contribution in [0.15, 0.2) is 29.2 Å². The van der Waals surface area contributed by atoms with Gasteiger partial charge in [-0.3, -0.25) is 0 Å². The van der Waals surface area contributed by atoms with E-state index in [1.165, 1.54) is 6.33 Å². The zero-order valence-corrected chi connectivity index (χ0v) is 9.27. The first-order valence-electron chi connectivity index (χ1n) is 5.26. The van der Waals surface area contributed by atoms with Crippen molar-refractivity contribution in [1.82, 2.24) is 19.9 Å². The van der Waals surface area contributed by atoms with Crippen LogP contribution in [0.25, 0.3) is 11.2 Å². The summed E-state index contributed by atoms with van der Waals surface area (Å²) in [5, 5.41) is 3.19. The number of aryl methyl sites for hydroxylation is 1. The summed E-state index contributed by atoms with van der Waals surface area (Å²) in [4.78, 5) is 15.3. The third-order valence-corrected chi connectivity index (χ3v) is 2.45. The number of imidazole rings is 1. The molecule has 0 spiro atoms. The average molecular weight is 229 g/mol. The molecular formula is C11H11N5O. The summed E-state index contributed by atoms with van der Waals surface area (Å²) in [5.74, 6) is 2.49. The monoisotopic (exact) mass is 229 g/mol. The molecule has 3 heterocycles. The third kappa shape index (κ3) is 1.84. The second-order valence-electron chi connectivity index (χ2n) is 3.69. The zero-order valence-electron chi connectivity index (χ0n) is 9.27. The molecule has 6 heteroatoms. The molecule has 0 fully saturated rings. The van der Waals surface area contributed by atoms with Crippen LogP contribution in [-0.4, -0.2) is 19.9 Å². The molecule has 86 valence electrons. The van der Waals surface area contributed by atoms with Crippen molar-refractivity contribution in [3.8, 4) is 0 Å². The Morgan fingerprint density at radius 3 is 3.06 bits per heavy atom. The second-order valence-corrected chi connectivity index (χ2v) is 3.69. The second kappa shape index (κ2) is 3.89. The van der Waals surface area contributed by atoms with E-state index in [0.717, 1.165) is 22.9 Å². The highest BCUT2D eigenvalue weighted by Crippen LogP contribution is 2.16. The molecule has 0 bridgehead atoms. The lowest BCUT2D eigenvalue weighted by Gasteiger charge is -2.03. The van der Waals surface area contributed by atoms with Crippen LogP contribution in [0.2, 0.25) is 0 Å². The van der Waals surface area contributed by atoms with E-state index in [4.69, 9.17) is 4.42 Å². The van der Waals surface area contributed by atoms with Gasteiger partial charge in [0.1, 0.15) is 23.4 Å². The van der Waals surface area contributed by atoms with Gasteiger partial charge in [0.25, 0.3) is 0 Å². The third-order valence-electron chi connectivity index (χ3n) is 2.45. The Bertz CT molecular complexity index is 642. The molecule has 0 radical (unpaired) electrons. The lowest BCUT2D eigenvalue weighted by atomic mass is 10.4. The van der Waals surface area contributed by atoms with Gasteiger partial charge < -0.3 is 14.7 Å². The highest BCUT2D eigenvalue weighted by molar-refractivity contribution is 5.81. The number of aromatic nitrogens is 4. The number of anilines is 1. The minimum Gasteiger partial charge on any atom is -0.465 e. The van der Waals surface area contributed by atoms with Crippen LogP contribution in [0, 0.1) is 6.92 Å². The van der Waals surface area contributed by atoms with Crippen LogP contribution in [0.3, 0.4) is 0 Å². The van der Waals surface area contributed by atoms with Crippen molar-refractivity contribution in [1.29, 1.82) is 0 Å². The van der Waals surface area contributed by atoms with Crippen LogP contribution < -0.4 is 5.32 Å². The maximum atomic E-state index is 5.47. The number of aromatic amines is 1. The van der Waals surface area contributed by atoms with Gasteiger partial charge in [-0.2, -0.15) is 0 Å². The molecule has 2 N–H and O–H groups in total. The van der Waals surface area contributed by atoms with Gasteiger partial charge in [0.05, 0.1) is 12.9 Å². The highest BCUT2D eigenvalue weighted by atomic mass is 16.3. The Balaban J connectivity index is 1.83. The summed E-state index contributed by atoms with van der Waals surface area (Å²) >= 11 is 0. The molecule has 6 nitrogen and oxygen atoms in total. The Morgan fingerprint density at radius 2 is 2.24 bits per heavy atom. The summed E-state index contributed by atoms with van der Waals surface area (Å²) in [6.07, 6.45) is 3.08. The Labute approximate surface area is 97.1 Å². The summed E-state index contributed by atoms with van der Waals surface area (Å²) in [7, 11) is 0. The Hall–Kier alpha value is -2.37. The molecule has 3 aromatic rings. The number of H-pyrrole nitrogens is 1. The highest BCUT2D eigenvalue weighted by Gasteiger charge is 2.06. The normalized spacial score (nSPS) is 10.9. The first-order chi connectivity index (χ1) is 8.33. The van der Waals surface area contributed by atoms with Crippen LogP contribution in [0.5, 0.6) is 0 Å². The zero-order chi connectivity index (χ0) is 11.7. The van der Waals surface area contributed by atoms with Gasteiger partial charge in [0, 0.05) is 0 Å². The van der Waals surface area contributed by atoms with Crippen LogP contribution in [0.4, 0.5) is 5.82 Å². The van der Waals surface area contributed by atoms with Crippen molar-refractivity contribution >= 4 is 17.0 Å². The molecule has 0 aliphatic carbocycles. The van der Waals surface area contributed by atoms with Gasteiger partial charge in [-0.15, -0.1) is 0 Å². The maximum Gasteiger partial charge on any atom is 0.182 e.